The fourth-order valence-electron chi connectivity index (χ4n) is 5.08. The lowest BCUT2D eigenvalue weighted by atomic mass is 10.1. The minimum atomic E-state index is -3.40. The van der Waals surface area contributed by atoms with Crippen LogP contribution < -0.4 is 16.2 Å². The highest BCUT2D eigenvalue weighted by Crippen LogP contribution is 2.30. The molecule has 2 aromatic rings. The summed E-state index contributed by atoms with van der Waals surface area (Å²) in [6.07, 6.45) is 7.43. The molecule has 0 spiro atoms. The van der Waals surface area contributed by atoms with Crippen molar-refractivity contribution in [3.63, 3.8) is 0 Å². The van der Waals surface area contributed by atoms with Crippen LogP contribution in [0.1, 0.15) is 44.6 Å². The molecule has 2 aromatic heterocycles. The summed E-state index contributed by atoms with van der Waals surface area (Å²) in [6, 6.07) is 3.68. The molecule has 0 unspecified atom stereocenters. The van der Waals surface area contributed by atoms with Gasteiger partial charge in [0, 0.05) is 69.0 Å². The minimum Gasteiger partial charge on any atom is -0.351 e. The molecular weight excluding hydrogens is 430 g/mol. The summed E-state index contributed by atoms with van der Waals surface area (Å²) in [5.74, 6) is 0.498. The molecule has 0 bridgehead atoms. The van der Waals surface area contributed by atoms with Crippen LogP contribution in [0.4, 0.5) is 5.95 Å². The van der Waals surface area contributed by atoms with Gasteiger partial charge in [0.1, 0.15) is 5.65 Å². The van der Waals surface area contributed by atoms with Crippen LogP contribution in [0.25, 0.3) is 11.0 Å². The van der Waals surface area contributed by atoms with Crippen LogP contribution in [0.5, 0.6) is 0 Å². The average Bonchev–Trinajstić information content (AvgIpc) is 3.34. The van der Waals surface area contributed by atoms with Gasteiger partial charge >= 0.3 is 0 Å². The van der Waals surface area contributed by atoms with Crippen LogP contribution in [0.3, 0.4) is 0 Å². The third-order valence-corrected chi connectivity index (χ3v) is 8.91. The van der Waals surface area contributed by atoms with Crippen molar-refractivity contribution in [2.24, 2.45) is 0 Å². The largest absolute Gasteiger partial charge is 0.351 e. The zero-order valence-corrected chi connectivity index (χ0v) is 19.1. The van der Waals surface area contributed by atoms with E-state index in [1.54, 1.807) is 26.9 Å². The van der Waals surface area contributed by atoms with E-state index < -0.39 is 10.2 Å². The van der Waals surface area contributed by atoms with Crippen molar-refractivity contribution >= 4 is 27.2 Å². The van der Waals surface area contributed by atoms with Crippen molar-refractivity contribution in [3.8, 4) is 0 Å². The molecule has 1 aliphatic carbocycles. The Morgan fingerprint density at radius 1 is 0.969 bits per heavy atom. The lowest BCUT2D eigenvalue weighted by molar-refractivity contribution is 0.280. The molecule has 10 nitrogen and oxygen atoms in total. The summed E-state index contributed by atoms with van der Waals surface area (Å²) in [5, 5.41) is 7.43. The number of hydrogen-bond acceptors (Lipinski definition) is 7. The van der Waals surface area contributed by atoms with Gasteiger partial charge in [-0.05, 0) is 31.7 Å². The molecule has 5 rings (SSSR count). The van der Waals surface area contributed by atoms with E-state index in [1.165, 1.54) is 0 Å². The van der Waals surface area contributed by atoms with Gasteiger partial charge in [-0.1, -0.05) is 12.8 Å². The van der Waals surface area contributed by atoms with Crippen molar-refractivity contribution < 1.29 is 8.42 Å². The molecule has 0 amide bonds. The maximum atomic E-state index is 12.9. The average molecular weight is 462 g/mol. The van der Waals surface area contributed by atoms with E-state index in [2.05, 4.69) is 15.6 Å². The van der Waals surface area contributed by atoms with E-state index >= 15 is 0 Å². The number of nitrogens with one attached hydrogen (secondary N) is 2. The number of rotatable bonds is 5. The van der Waals surface area contributed by atoms with E-state index in [4.69, 9.17) is 4.98 Å². The van der Waals surface area contributed by atoms with E-state index in [1.807, 2.05) is 4.57 Å². The van der Waals surface area contributed by atoms with Gasteiger partial charge in [-0.15, -0.1) is 0 Å². The summed E-state index contributed by atoms with van der Waals surface area (Å²) in [4.78, 5) is 21.8. The predicted octanol–water partition coefficient (Wildman–Crippen LogP) is 0.933. The fraction of sp³-hybridized carbons (Fsp3) is 0.667. The van der Waals surface area contributed by atoms with Crippen molar-refractivity contribution in [2.45, 2.75) is 50.6 Å². The zero-order valence-electron chi connectivity index (χ0n) is 18.2. The van der Waals surface area contributed by atoms with Gasteiger partial charge in [0.15, 0.2) is 0 Å². The van der Waals surface area contributed by atoms with Crippen LogP contribution in [0.2, 0.25) is 0 Å². The van der Waals surface area contributed by atoms with Gasteiger partial charge in [0.2, 0.25) is 5.95 Å². The second kappa shape index (κ2) is 9.05. The molecule has 2 N–H and O–H groups in total. The van der Waals surface area contributed by atoms with Crippen LogP contribution in [0, 0.1) is 0 Å². The number of anilines is 1. The first-order valence-electron chi connectivity index (χ1n) is 11.6. The number of pyridine rings is 1. The number of fused-ring (bicyclic) bond motifs is 1. The predicted molar refractivity (Wildman–Crippen MR) is 123 cm³/mol. The maximum absolute atomic E-state index is 12.9. The fourth-order valence-corrected chi connectivity index (χ4v) is 6.72. The SMILES string of the molecule is O=c1ccc2cnc(NC3CCN(S(=O)(=O)N4CCNCC4)CC3)nc2n1C1CCCC1. The quantitative estimate of drug-likeness (QED) is 0.681. The molecular formula is C21H31N7O3S. The maximum Gasteiger partial charge on any atom is 0.282 e. The molecule has 3 aliphatic rings. The normalized spacial score (nSPS) is 22.5. The molecule has 174 valence electrons. The number of hydrogen-bond donors (Lipinski definition) is 2. The smallest absolute Gasteiger partial charge is 0.282 e. The molecule has 32 heavy (non-hydrogen) atoms. The summed E-state index contributed by atoms with van der Waals surface area (Å²) in [7, 11) is -3.40. The Bertz CT molecular complexity index is 1120. The topological polar surface area (TPSA) is 112 Å². The molecule has 0 aromatic carbocycles. The van der Waals surface area contributed by atoms with Crippen LogP contribution in [-0.2, 0) is 10.2 Å². The lowest BCUT2D eigenvalue weighted by Crippen LogP contribution is -2.54. The van der Waals surface area contributed by atoms with Crippen molar-refractivity contribution in [1.29, 1.82) is 0 Å². The molecule has 0 radical (unpaired) electrons. The van der Waals surface area contributed by atoms with Gasteiger partial charge in [-0.25, -0.2) is 4.98 Å². The highest BCUT2D eigenvalue weighted by atomic mass is 32.2. The van der Waals surface area contributed by atoms with Gasteiger partial charge in [0.05, 0.1) is 0 Å². The van der Waals surface area contributed by atoms with Crippen LogP contribution in [-0.4, -0.2) is 76.9 Å². The number of piperidine rings is 1. The standard InChI is InChI=1S/C21H31N7O3S/c29-19-6-5-16-15-23-21(25-20(16)28(19)18-3-1-2-4-18)24-17-7-11-26(12-8-17)32(30,31)27-13-9-22-10-14-27/h5-6,15,17-18,22H,1-4,7-14H2,(H,23,24,25). The van der Waals surface area contributed by atoms with Crippen LogP contribution >= 0.6 is 0 Å². The first kappa shape index (κ1) is 21.7. The summed E-state index contributed by atoms with van der Waals surface area (Å²) >= 11 is 0. The molecule has 2 aliphatic heterocycles. The molecule has 3 fully saturated rings. The van der Waals surface area contributed by atoms with E-state index in [9.17, 15) is 13.2 Å². The molecule has 1 saturated carbocycles. The van der Waals surface area contributed by atoms with Gasteiger partial charge in [-0.3, -0.25) is 9.36 Å². The number of aromatic nitrogens is 3. The Kier molecular flexibility index (Phi) is 6.15. The summed E-state index contributed by atoms with van der Waals surface area (Å²) in [6.45, 7) is 3.39. The monoisotopic (exact) mass is 461 g/mol. The molecule has 0 atom stereocenters. The zero-order chi connectivity index (χ0) is 22.1. The van der Waals surface area contributed by atoms with Gasteiger partial charge in [-0.2, -0.15) is 22.0 Å². The molecule has 2 saturated heterocycles. The Morgan fingerprint density at radius 2 is 1.66 bits per heavy atom. The van der Waals surface area contributed by atoms with E-state index in [-0.39, 0.29) is 17.6 Å². The summed E-state index contributed by atoms with van der Waals surface area (Å²) in [5.41, 5.74) is 0.668. The lowest BCUT2D eigenvalue weighted by Gasteiger charge is -2.36. The Hall–Kier alpha value is -2.08. The Labute approximate surface area is 188 Å². The van der Waals surface area contributed by atoms with Crippen LogP contribution in [0.15, 0.2) is 23.1 Å². The number of nitrogens with zero attached hydrogens (tertiary/aromatic N) is 5. The summed E-state index contributed by atoms with van der Waals surface area (Å²) < 4.78 is 30.8. The van der Waals surface area contributed by atoms with Crippen molar-refractivity contribution in [1.82, 2.24) is 28.5 Å². The van der Waals surface area contributed by atoms with Gasteiger partial charge < -0.3 is 10.6 Å². The highest BCUT2D eigenvalue weighted by Gasteiger charge is 2.33. The van der Waals surface area contributed by atoms with E-state index in [0.717, 1.165) is 31.1 Å². The van der Waals surface area contributed by atoms with E-state index in [0.29, 0.717) is 63.7 Å². The third kappa shape index (κ3) is 4.26. The van der Waals surface area contributed by atoms with Crippen molar-refractivity contribution in [3.05, 3.63) is 28.7 Å². The number of piperazine rings is 1. The second-order valence-corrected chi connectivity index (χ2v) is 10.9. The second-order valence-electron chi connectivity index (χ2n) is 8.93. The Balaban J connectivity index is 1.28. The first-order chi connectivity index (χ1) is 15.5. The first-order valence-corrected chi connectivity index (χ1v) is 13.0. The molecule has 11 heteroatoms. The highest BCUT2D eigenvalue weighted by molar-refractivity contribution is 7.86. The third-order valence-electron chi connectivity index (χ3n) is 6.87. The van der Waals surface area contributed by atoms with Crippen molar-refractivity contribution in [2.75, 3.05) is 44.6 Å². The van der Waals surface area contributed by atoms with Gasteiger partial charge in [0.25, 0.3) is 15.8 Å². The Morgan fingerprint density at radius 3 is 2.38 bits per heavy atom. The minimum absolute atomic E-state index is 0.0134. The molecule has 4 heterocycles.